The molecule has 9 atom stereocenters. The van der Waals surface area contributed by atoms with Gasteiger partial charge in [-0.2, -0.15) is 5.06 Å². The van der Waals surface area contributed by atoms with Gasteiger partial charge >= 0.3 is 0 Å². The Morgan fingerprint density at radius 3 is 2.43 bits per heavy atom. The summed E-state index contributed by atoms with van der Waals surface area (Å²) >= 11 is 0. The number of ether oxygens (including phenoxy) is 2. The number of carbonyl (C=O) groups excluding carboxylic acids is 2. The first-order chi connectivity index (χ1) is 25.8. The molecule has 1 unspecified atom stereocenters. The normalized spacial score (nSPS) is 29.3. The monoisotopic (exact) mass is 748 g/mol. The molecule has 1 saturated heterocycles. The van der Waals surface area contributed by atoms with Crippen LogP contribution in [0.2, 0.25) is 0 Å². The van der Waals surface area contributed by atoms with Crippen molar-refractivity contribution in [2.75, 3.05) is 41.5 Å². The zero-order chi connectivity index (χ0) is 38.9. The molecule has 1 heterocycles. The van der Waals surface area contributed by atoms with Crippen LogP contribution in [0.15, 0.2) is 36.4 Å². The quantitative estimate of drug-likeness (QED) is 0.204. The van der Waals surface area contributed by atoms with E-state index < -0.39 is 24.2 Å². The second kappa shape index (κ2) is 16.9. The lowest BCUT2D eigenvalue weighted by Crippen LogP contribution is -2.62. The average Bonchev–Trinajstić information content (AvgIpc) is 3.53. The van der Waals surface area contributed by atoms with Crippen LogP contribution in [0.5, 0.6) is 11.5 Å². The summed E-state index contributed by atoms with van der Waals surface area (Å²) < 4.78 is 11.8. The van der Waals surface area contributed by atoms with E-state index in [0.29, 0.717) is 40.7 Å². The first-order valence-corrected chi connectivity index (χ1v) is 20.1. The molecule has 11 nitrogen and oxygen atoms in total. The predicted octanol–water partition coefficient (Wildman–Crippen LogP) is 5.27. The highest BCUT2D eigenvalue weighted by atomic mass is 16.7. The predicted molar refractivity (Wildman–Crippen MR) is 209 cm³/mol. The molecule has 298 valence electrons. The molecule has 5 aliphatic rings. The fourth-order valence-electron chi connectivity index (χ4n) is 10.4. The van der Waals surface area contributed by atoms with Crippen LogP contribution in [0, 0.1) is 35.0 Å². The SMILES string of the molecule is COc1ccc(-c2cccc(CN3O[C@@H](CO)[C@H]([C@H](C)O)[C@H]3C(=O)NC3C[C@H]4C[C@@H]([C@@H]3C)C4(C)C)c2OC)cc1C(=O)N[C@H](CN(C)C)C1CCCCC1. The van der Waals surface area contributed by atoms with Crippen molar-refractivity contribution in [2.24, 2.45) is 35.0 Å². The molecular formula is C43H64N4O7. The number of para-hydroxylation sites is 1. The second-order valence-corrected chi connectivity index (χ2v) is 17.4. The number of hydrogen-bond donors (Lipinski definition) is 4. The number of hydrogen-bond acceptors (Lipinski definition) is 9. The van der Waals surface area contributed by atoms with Crippen LogP contribution in [-0.4, -0.2) is 104 Å². The molecule has 4 saturated carbocycles. The lowest BCUT2D eigenvalue weighted by Gasteiger charge is -2.62. The van der Waals surface area contributed by atoms with Crippen molar-refractivity contribution >= 4 is 11.8 Å². The number of aliphatic hydroxyl groups is 2. The molecule has 0 radical (unpaired) electrons. The Kier molecular flexibility index (Phi) is 12.6. The molecule has 4 N–H and O–H groups in total. The lowest BCUT2D eigenvalue weighted by molar-refractivity contribution is -0.183. The first-order valence-electron chi connectivity index (χ1n) is 20.1. The van der Waals surface area contributed by atoms with E-state index >= 15 is 0 Å². The molecule has 0 aromatic heterocycles. The van der Waals surface area contributed by atoms with Crippen LogP contribution in [0.1, 0.15) is 88.6 Å². The van der Waals surface area contributed by atoms with Gasteiger partial charge < -0.3 is 35.2 Å². The highest BCUT2D eigenvalue weighted by Crippen LogP contribution is 2.61. The van der Waals surface area contributed by atoms with E-state index in [9.17, 15) is 19.8 Å². The summed E-state index contributed by atoms with van der Waals surface area (Å²) in [7, 11) is 7.26. The minimum atomic E-state index is -0.897. The molecule has 4 aliphatic carbocycles. The fraction of sp³-hybridized carbons (Fsp3) is 0.674. The number of aliphatic hydroxyl groups excluding tert-OH is 2. The van der Waals surface area contributed by atoms with Crippen molar-refractivity contribution in [1.82, 2.24) is 20.6 Å². The van der Waals surface area contributed by atoms with E-state index in [1.165, 1.54) is 25.7 Å². The lowest BCUT2D eigenvalue weighted by atomic mass is 9.45. The summed E-state index contributed by atoms with van der Waals surface area (Å²) in [5.74, 6) is 1.96. The summed E-state index contributed by atoms with van der Waals surface area (Å²) in [5, 5.41) is 29.6. The Hall–Kier alpha value is -3.22. The summed E-state index contributed by atoms with van der Waals surface area (Å²) in [6, 6.07) is 10.6. The largest absolute Gasteiger partial charge is 0.496 e. The van der Waals surface area contributed by atoms with Gasteiger partial charge in [-0.15, -0.1) is 0 Å². The number of carbonyl (C=O) groups is 2. The summed E-state index contributed by atoms with van der Waals surface area (Å²) in [5.41, 5.74) is 3.04. The molecule has 1 aliphatic heterocycles. The number of fused-ring (bicyclic) bond motifs is 2. The topological polar surface area (TPSA) is 133 Å². The van der Waals surface area contributed by atoms with Gasteiger partial charge in [-0.25, -0.2) is 0 Å². The molecule has 2 amide bonds. The smallest absolute Gasteiger partial charge is 0.255 e. The van der Waals surface area contributed by atoms with Crippen LogP contribution in [0.3, 0.4) is 0 Å². The zero-order valence-electron chi connectivity index (χ0n) is 33.6. The third kappa shape index (κ3) is 8.03. The van der Waals surface area contributed by atoms with E-state index in [4.69, 9.17) is 14.3 Å². The van der Waals surface area contributed by atoms with Gasteiger partial charge in [0.2, 0.25) is 5.91 Å². The zero-order valence-corrected chi connectivity index (χ0v) is 33.6. The molecular weight excluding hydrogens is 684 g/mol. The van der Waals surface area contributed by atoms with Crippen molar-refractivity contribution in [2.45, 2.75) is 110 Å². The van der Waals surface area contributed by atoms with E-state index in [1.807, 2.05) is 50.5 Å². The number of nitrogens with zero attached hydrogens (tertiary/aromatic N) is 2. The molecule has 0 spiro atoms. The molecule has 7 rings (SSSR count). The van der Waals surface area contributed by atoms with E-state index in [-0.39, 0.29) is 42.5 Å². The Morgan fingerprint density at radius 1 is 1.07 bits per heavy atom. The van der Waals surface area contributed by atoms with Gasteiger partial charge in [0.25, 0.3) is 5.91 Å². The van der Waals surface area contributed by atoms with Crippen molar-refractivity contribution in [3.8, 4) is 22.6 Å². The maximum absolute atomic E-state index is 14.3. The van der Waals surface area contributed by atoms with Crippen molar-refractivity contribution in [3.05, 3.63) is 47.5 Å². The van der Waals surface area contributed by atoms with E-state index in [1.54, 1.807) is 26.2 Å². The molecule has 2 bridgehead atoms. The van der Waals surface area contributed by atoms with Gasteiger partial charge in [-0.05, 0) is 93.5 Å². The Balaban J connectivity index is 1.26. The average molecular weight is 749 g/mol. The number of methoxy groups -OCH3 is 2. The number of amides is 2. The Labute approximate surface area is 322 Å². The highest BCUT2D eigenvalue weighted by Gasteiger charge is 2.57. The van der Waals surface area contributed by atoms with Crippen LogP contribution >= 0.6 is 0 Å². The van der Waals surface area contributed by atoms with E-state index in [0.717, 1.165) is 42.5 Å². The fourth-order valence-corrected chi connectivity index (χ4v) is 10.4. The van der Waals surface area contributed by atoms with Crippen LogP contribution in [0.25, 0.3) is 11.1 Å². The molecule has 2 aromatic carbocycles. The third-order valence-electron chi connectivity index (χ3n) is 13.5. The minimum absolute atomic E-state index is 0.0247. The van der Waals surface area contributed by atoms with Crippen LogP contribution in [-0.2, 0) is 16.2 Å². The highest BCUT2D eigenvalue weighted by molar-refractivity contribution is 5.98. The Bertz CT molecular complexity index is 1620. The first kappa shape index (κ1) is 40.4. The van der Waals surface area contributed by atoms with Gasteiger partial charge in [0.05, 0.1) is 39.0 Å². The summed E-state index contributed by atoms with van der Waals surface area (Å²) in [6.45, 7) is 9.16. The molecule has 5 fully saturated rings. The number of hydroxylamine groups is 2. The van der Waals surface area contributed by atoms with Crippen molar-refractivity contribution < 1.29 is 34.1 Å². The second-order valence-electron chi connectivity index (χ2n) is 17.4. The van der Waals surface area contributed by atoms with Gasteiger partial charge in [0, 0.05) is 35.7 Å². The van der Waals surface area contributed by atoms with E-state index in [2.05, 4.69) is 36.3 Å². The van der Waals surface area contributed by atoms with Gasteiger partial charge in [0.15, 0.2) is 0 Å². The minimum Gasteiger partial charge on any atom is -0.496 e. The summed E-state index contributed by atoms with van der Waals surface area (Å²) in [4.78, 5) is 36.7. The maximum Gasteiger partial charge on any atom is 0.255 e. The maximum atomic E-state index is 14.3. The summed E-state index contributed by atoms with van der Waals surface area (Å²) in [6.07, 6.45) is 6.33. The number of benzene rings is 2. The van der Waals surface area contributed by atoms with Crippen molar-refractivity contribution in [3.63, 3.8) is 0 Å². The molecule has 11 heteroatoms. The Morgan fingerprint density at radius 2 is 1.81 bits per heavy atom. The number of nitrogens with one attached hydrogen (secondary N) is 2. The number of likely N-dealkylation sites (N-methyl/N-ethyl adjacent to an activating group) is 1. The van der Waals surface area contributed by atoms with Crippen LogP contribution < -0.4 is 20.1 Å². The van der Waals surface area contributed by atoms with Gasteiger partial charge in [-0.1, -0.05) is 64.3 Å². The standard InChI is InChI=1S/C43H64N4O7/c1-25-33-20-30(43(33,3)4)21-34(25)44-42(51)39-38(26(2)49)37(24-48)54-47(39)22-29-15-12-16-31(40(29)53-8)28-17-18-36(52-7)32(19-28)41(50)45-35(23-46(5)6)27-13-10-9-11-14-27/h12,15-19,25-27,30,33-35,37-39,48-49H,9-11,13-14,20-24H2,1-8H3,(H,44,51)(H,45,50)/t25-,26-,30+,33-,34?,35+,37-,38-,39-/m0/s1. The third-order valence-corrected chi connectivity index (χ3v) is 13.5. The molecule has 2 aromatic rings. The van der Waals surface area contributed by atoms with Crippen molar-refractivity contribution in [1.29, 1.82) is 0 Å². The molecule has 54 heavy (non-hydrogen) atoms. The van der Waals surface area contributed by atoms with Gasteiger partial charge in [0.1, 0.15) is 23.6 Å². The van der Waals surface area contributed by atoms with Gasteiger partial charge in [-0.3, -0.25) is 14.4 Å². The number of rotatable bonds is 14. The van der Waals surface area contributed by atoms with Crippen LogP contribution in [0.4, 0.5) is 0 Å².